The second-order valence-electron chi connectivity index (χ2n) is 3.50. The number of hydrogen-bond acceptors (Lipinski definition) is 2. The van der Waals surface area contributed by atoms with Crippen LogP contribution in [-0.4, -0.2) is 10.9 Å². The highest BCUT2D eigenvalue weighted by Gasteiger charge is 2.00. The minimum atomic E-state index is 0.399. The lowest BCUT2D eigenvalue weighted by molar-refractivity contribution is 0.462. The summed E-state index contributed by atoms with van der Waals surface area (Å²) in [5, 5.41) is 9.45. The van der Waals surface area contributed by atoms with Crippen molar-refractivity contribution in [2.75, 3.05) is 5.75 Å². The second kappa shape index (κ2) is 5.18. The van der Waals surface area contributed by atoms with Crippen LogP contribution in [0.25, 0.3) is 0 Å². The molecule has 1 aromatic carbocycles. The summed E-state index contributed by atoms with van der Waals surface area (Å²) in [7, 11) is 0. The van der Waals surface area contributed by atoms with Gasteiger partial charge < -0.3 is 5.11 Å². The van der Waals surface area contributed by atoms with Crippen LogP contribution < -0.4 is 0 Å². The first-order valence-electron chi connectivity index (χ1n) is 4.61. The molecule has 0 aromatic heterocycles. The highest BCUT2D eigenvalue weighted by atomic mass is 32.2. The van der Waals surface area contributed by atoms with Gasteiger partial charge in [-0.1, -0.05) is 26.0 Å². The molecule has 13 heavy (non-hydrogen) atoms. The maximum absolute atomic E-state index is 9.45. The van der Waals surface area contributed by atoms with Gasteiger partial charge in [-0.25, -0.2) is 0 Å². The lowest BCUT2D eigenvalue weighted by Crippen LogP contribution is -1.89. The molecule has 1 rings (SSSR count). The van der Waals surface area contributed by atoms with Crippen molar-refractivity contribution in [3.05, 3.63) is 24.3 Å². The largest absolute Gasteiger partial charge is 0.507 e. The van der Waals surface area contributed by atoms with E-state index in [9.17, 15) is 5.11 Å². The smallest absolute Gasteiger partial charge is 0.129 e. The van der Waals surface area contributed by atoms with E-state index in [1.165, 1.54) is 6.42 Å². The monoisotopic (exact) mass is 196 g/mol. The van der Waals surface area contributed by atoms with Gasteiger partial charge in [0.1, 0.15) is 5.75 Å². The molecule has 1 N–H and O–H groups in total. The number of phenolic OH excluding ortho intramolecular Hbond substituents is 1. The standard InChI is InChI=1S/C11H16OS/c1-9(2)7-8-13-11-6-4-3-5-10(11)12/h3-6,9,12H,7-8H2,1-2H3. The first-order chi connectivity index (χ1) is 6.20. The maximum atomic E-state index is 9.45. The number of rotatable bonds is 4. The zero-order valence-corrected chi connectivity index (χ0v) is 8.97. The fourth-order valence-electron chi connectivity index (χ4n) is 0.984. The minimum Gasteiger partial charge on any atom is -0.507 e. The fourth-order valence-corrected chi connectivity index (χ4v) is 2.18. The van der Waals surface area contributed by atoms with E-state index in [-0.39, 0.29) is 0 Å². The van der Waals surface area contributed by atoms with E-state index >= 15 is 0 Å². The van der Waals surface area contributed by atoms with Crippen molar-refractivity contribution in [2.45, 2.75) is 25.2 Å². The van der Waals surface area contributed by atoms with Crippen molar-refractivity contribution in [3.63, 3.8) is 0 Å². The molecule has 0 bridgehead atoms. The maximum Gasteiger partial charge on any atom is 0.129 e. The van der Waals surface area contributed by atoms with E-state index in [1.54, 1.807) is 17.8 Å². The normalized spacial score (nSPS) is 10.7. The molecule has 0 aliphatic carbocycles. The van der Waals surface area contributed by atoms with Crippen LogP contribution >= 0.6 is 11.8 Å². The summed E-state index contributed by atoms with van der Waals surface area (Å²) in [6, 6.07) is 7.50. The summed E-state index contributed by atoms with van der Waals surface area (Å²) in [5.74, 6) is 2.21. The summed E-state index contributed by atoms with van der Waals surface area (Å²) in [6.07, 6.45) is 1.19. The van der Waals surface area contributed by atoms with Gasteiger partial charge in [0.15, 0.2) is 0 Å². The van der Waals surface area contributed by atoms with Gasteiger partial charge in [-0.15, -0.1) is 11.8 Å². The van der Waals surface area contributed by atoms with Crippen LogP contribution in [0.4, 0.5) is 0 Å². The summed E-state index contributed by atoms with van der Waals surface area (Å²) < 4.78 is 0. The highest BCUT2D eigenvalue weighted by Crippen LogP contribution is 2.28. The zero-order valence-electron chi connectivity index (χ0n) is 8.16. The SMILES string of the molecule is CC(C)CCSc1ccccc1O. The van der Waals surface area contributed by atoms with E-state index in [0.29, 0.717) is 5.75 Å². The number of benzene rings is 1. The Bertz CT molecular complexity index is 258. The van der Waals surface area contributed by atoms with Gasteiger partial charge in [0.05, 0.1) is 0 Å². The van der Waals surface area contributed by atoms with Crippen molar-refractivity contribution >= 4 is 11.8 Å². The predicted molar refractivity (Wildman–Crippen MR) is 58.3 cm³/mol. The zero-order chi connectivity index (χ0) is 9.68. The van der Waals surface area contributed by atoms with Gasteiger partial charge >= 0.3 is 0 Å². The minimum absolute atomic E-state index is 0.399. The summed E-state index contributed by atoms with van der Waals surface area (Å²) >= 11 is 1.73. The molecule has 0 radical (unpaired) electrons. The van der Waals surface area contributed by atoms with E-state index in [2.05, 4.69) is 13.8 Å². The Morgan fingerprint density at radius 2 is 2.00 bits per heavy atom. The molecule has 0 aliphatic rings. The molecule has 2 heteroatoms. The summed E-state index contributed by atoms with van der Waals surface area (Å²) in [4.78, 5) is 0.989. The van der Waals surface area contributed by atoms with Crippen LogP contribution in [0, 0.1) is 5.92 Å². The van der Waals surface area contributed by atoms with Gasteiger partial charge in [0, 0.05) is 4.90 Å². The van der Waals surface area contributed by atoms with Crippen LogP contribution in [0.3, 0.4) is 0 Å². The number of hydrogen-bond donors (Lipinski definition) is 1. The molecule has 0 saturated carbocycles. The number of aromatic hydroxyl groups is 1. The van der Waals surface area contributed by atoms with Crippen LogP contribution in [0.2, 0.25) is 0 Å². The van der Waals surface area contributed by atoms with Crippen LogP contribution in [0.1, 0.15) is 20.3 Å². The second-order valence-corrected chi connectivity index (χ2v) is 4.64. The van der Waals surface area contributed by atoms with Gasteiger partial charge in [0.25, 0.3) is 0 Å². The molecule has 0 fully saturated rings. The van der Waals surface area contributed by atoms with E-state index in [4.69, 9.17) is 0 Å². The third-order valence-electron chi connectivity index (χ3n) is 1.82. The first-order valence-corrected chi connectivity index (χ1v) is 5.59. The average molecular weight is 196 g/mol. The van der Waals surface area contributed by atoms with E-state index in [1.807, 2.05) is 18.2 Å². The molecule has 0 atom stereocenters. The number of para-hydroxylation sites is 1. The molecule has 0 spiro atoms. The van der Waals surface area contributed by atoms with Crippen molar-refractivity contribution in [1.29, 1.82) is 0 Å². The van der Waals surface area contributed by atoms with Crippen molar-refractivity contribution in [3.8, 4) is 5.75 Å². The lowest BCUT2D eigenvalue weighted by Gasteiger charge is -2.05. The Hall–Kier alpha value is -0.630. The summed E-state index contributed by atoms with van der Waals surface area (Å²) in [5.41, 5.74) is 0. The molecular formula is C11H16OS. The molecule has 0 amide bonds. The molecule has 0 saturated heterocycles. The molecule has 0 aliphatic heterocycles. The fraction of sp³-hybridized carbons (Fsp3) is 0.455. The highest BCUT2D eigenvalue weighted by molar-refractivity contribution is 7.99. The Balaban J connectivity index is 2.41. The predicted octanol–water partition coefficient (Wildman–Crippen LogP) is 3.53. The number of phenols is 1. The van der Waals surface area contributed by atoms with E-state index < -0.39 is 0 Å². The Labute approximate surface area is 84.2 Å². The van der Waals surface area contributed by atoms with Crippen LogP contribution in [-0.2, 0) is 0 Å². The van der Waals surface area contributed by atoms with E-state index in [0.717, 1.165) is 16.6 Å². The first kappa shape index (κ1) is 10.5. The van der Waals surface area contributed by atoms with Gasteiger partial charge in [-0.05, 0) is 30.2 Å². The molecule has 0 heterocycles. The Kier molecular flexibility index (Phi) is 4.16. The lowest BCUT2D eigenvalue weighted by atomic mass is 10.2. The molecular weight excluding hydrogens is 180 g/mol. The molecule has 1 aromatic rings. The van der Waals surface area contributed by atoms with Gasteiger partial charge in [0.2, 0.25) is 0 Å². The number of thioether (sulfide) groups is 1. The molecule has 1 nitrogen and oxygen atoms in total. The van der Waals surface area contributed by atoms with Crippen molar-refractivity contribution < 1.29 is 5.11 Å². The topological polar surface area (TPSA) is 20.2 Å². The quantitative estimate of drug-likeness (QED) is 0.743. The van der Waals surface area contributed by atoms with Crippen molar-refractivity contribution in [2.24, 2.45) is 5.92 Å². The third kappa shape index (κ3) is 3.73. The molecule has 0 unspecified atom stereocenters. The van der Waals surface area contributed by atoms with Gasteiger partial charge in [-0.2, -0.15) is 0 Å². The van der Waals surface area contributed by atoms with Crippen molar-refractivity contribution in [1.82, 2.24) is 0 Å². The van der Waals surface area contributed by atoms with Crippen LogP contribution in [0.15, 0.2) is 29.2 Å². The van der Waals surface area contributed by atoms with Gasteiger partial charge in [-0.3, -0.25) is 0 Å². The Morgan fingerprint density at radius 1 is 1.31 bits per heavy atom. The average Bonchev–Trinajstić information content (AvgIpc) is 2.08. The summed E-state index contributed by atoms with van der Waals surface area (Å²) in [6.45, 7) is 4.43. The Morgan fingerprint density at radius 3 is 2.62 bits per heavy atom. The van der Waals surface area contributed by atoms with Crippen LogP contribution in [0.5, 0.6) is 5.75 Å². The molecule has 72 valence electrons. The third-order valence-corrected chi connectivity index (χ3v) is 2.91.